The molecule has 22 heavy (non-hydrogen) atoms. The van der Waals surface area contributed by atoms with Crippen LogP contribution in [0.2, 0.25) is 0 Å². The van der Waals surface area contributed by atoms with E-state index in [2.05, 4.69) is 35.4 Å². The van der Waals surface area contributed by atoms with E-state index < -0.39 is 0 Å². The summed E-state index contributed by atoms with van der Waals surface area (Å²) in [5.74, 6) is 1.09. The Morgan fingerprint density at radius 3 is 2.73 bits per heavy atom. The maximum atomic E-state index is 8.81. The van der Waals surface area contributed by atoms with Gasteiger partial charge in [-0.1, -0.05) is 20.3 Å². The molecule has 1 atom stereocenters. The molecule has 0 saturated heterocycles. The highest BCUT2D eigenvalue weighted by molar-refractivity contribution is 5.54. The van der Waals surface area contributed by atoms with Crippen molar-refractivity contribution in [2.24, 2.45) is 5.41 Å². The van der Waals surface area contributed by atoms with Gasteiger partial charge in [0.2, 0.25) is 11.8 Å². The first-order valence-electron chi connectivity index (χ1n) is 7.65. The highest BCUT2D eigenvalue weighted by Gasteiger charge is 2.34. The summed E-state index contributed by atoms with van der Waals surface area (Å²) in [7, 11) is 0. The Balaban J connectivity index is 1.65. The first-order chi connectivity index (χ1) is 10.6. The Hall–Kier alpha value is -2.19. The van der Waals surface area contributed by atoms with E-state index in [0.717, 1.165) is 5.56 Å². The SMILES string of the molecule is CC1(C)CCC[C@@H]1NCc1nnc(-c2ccc(C#N)cc2)o1. The van der Waals surface area contributed by atoms with Gasteiger partial charge in [0.1, 0.15) is 0 Å². The van der Waals surface area contributed by atoms with Gasteiger partial charge in [0.05, 0.1) is 18.2 Å². The number of hydrogen-bond acceptors (Lipinski definition) is 5. The topological polar surface area (TPSA) is 74.7 Å². The van der Waals surface area contributed by atoms with Crippen molar-refractivity contribution in [2.45, 2.75) is 45.7 Å². The smallest absolute Gasteiger partial charge is 0.247 e. The predicted octanol–water partition coefficient (Wildman–Crippen LogP) is 3.28. The zero-order valence-corrected chi connectivity index (χ0v) is 13.0. The molecule has 0 bridgehead atoms. The van der Waals surface area contributed by atoms with Crippen molar-refractivity contribution in [3.63, 3.8) is 0 Å². The molecule has 1 heterocycles. The van der Waals surface area contributed by atoms with Gasteiger partial charge in [-0.15, -0.1) is 10.2 Å². The number of nitrogens with one attached hydrogen (secondary N) is 1. The molecule has 0 aliphatic heterocycles. The van der Waals surface area contributed by atoms with E-state index in [4.69, 9.17) is 9.68 Å². The molecule has 3 rings (SSSR count). The summed E-state index contributed by atoms with van der Waals surface area (Å²) in [5, 5.41) is 20.5. The largest absolute Gasteiger partial charge is 0.419 e. The molecule has 1 saturated carbocycles. The van der Waals surface area contributed by atoms with E-state index in [0.29, 0.717) is 35.3 Å². The minimum atomic E-state index is 0.329. The quantitative estimate of drug-likeness (QED) is 0.937. The molecule has 5 nitrogen and oxygen atoms in total. The van der Waals surface area contributed by atoms with Gasteiger partial charge in [0.15, 0.2) is 0 Å². The normalized spacial score (nSPS) is 20.0. The van der Waals surface area contributed by atoms with Crippen LogP contribution in [0, 0.1) is 16.7 Å². The molecule has 1 aliphatic carbocycles. The average Bonchev–Trinajstić information content (AvgIpc) is 3.11. The summed E-state index contributed by atoms with van der Waals surface area (Å²) in [6.45, 7) is 5.19. The minimum Gasteiger partial charge on any atom is -0.419 e. The Morgan fingerprint density at radius 1 is 1.32 bits per heavy atom. The number of hydrogen-bond donors (Lipinski definition) is 1. The van der Waals surface area contributed by atoms with Crippen LogP contribution in [0.3, 0.4) is 0 Å². The first-order valence-corrected chi connectivity index (χ1v) is 7.65. The van der Waals surface area contributed by atoms with Crippen molar-refractivity contribution >= 4 is 0 Å². The maximum absolute atomic E-state index is 8.81. The van der Waals surface area contributed by atoms with Gasteiger partial charge < -0.3 is 9.73 Å². The third-order valence-corrected chi connectivity index (χ3v) is 4.48. The third kappa shape index (κ3) is 3.02. The second-order valence-electron chi connectivity index (χ2n) is 6.50. The molecule has 5 heteroatoms. The fraction of sp³-hybridized carbons (Fsp3) is 0.471. The number of nitriles is 1. The van der Waals surface area contributed by atoms with Crippen LogP contribution < -0.4 is 5.32 Å². The third-order valence-electron chi connectivity index (χ3n) is 4.48. The maximum Gasteiger partial charge on any atom is 0.247 e. The molecule has 1 N–H and O–H groups in total. The first kappa shape index (κ1) is 14.7. The lowest BCUT2D eigenvalue weighted by Crippen LogP contribution is -2.37. The Labute approximate surface area is 130 Å². The van der Waals surface area contributed by atoms with Gasteiger partial charge in [0.25, 0.3) is 0 Å². The van der Waals surface area contributed by atoms with Crippen molar-refractivity contribution in [1.82, 2.24) is 15.5 Å². The van der Waals surface area contributed by atoms with E-state index in [9.17, 15) is 0 Å². The van der Waals surface area contributed by atoms with Crippen LogP contribution in [0.25, 0.3) is 11.5 Å². The number of aromatic nitrogens is 2. The molecule has 0 amide bonds. The molecule has 0 spiro atoms. The van der Waals surface area contributed by atoms with E-state index in [1.165, 1.54) is 19.3 Å². The van der Waals surface area contributed by atoms with Gasteiger partial charge in [-0.25, -0.2) is 0 Å². The highest BCUT2D eigenvalue weighted by atomic mass is 16.4. The number of benzene rings is 1. The summed E-state index contributed by atoms with van der Waals surface area (Å²) in [6.07, 6.45) is 3.72. The second-order valence-corrected chi connectivity index (χ2v) is 6.50. The van der Waals surface area contributed by atoms with Crippen molar-refractivity contribution in [1.29, 1.82) is 5.26 Å². The summed E-state index contributed by atoms with van der Waals surface area (Å²) < 4.78 is 5.70. The lowest BCUT2D eigenvalue weighted by Gasteiger charge is -2.27. The summed E-state index contributed by atoms with van der Waals surface area (Å²) in [5.41, 5.74) is 1.78. The molecular formula is C17H20N4O. The van der Waals surface area contributed by atoms with Crippen LogP contribution in [0.4, 0.5) is 0 Å². The van der Waals surface area contributed by atoms with Crippen LogP contribution in [0.5, 0.6) is 0 Å². The van der Waals surface area contributed by atoms with E-state index in [-0.39, 0.29) is 0 Å². The van der Waals surface area contributed by atoms with Gasteiger partial charge in [0, 0.05) is 11.6 Å². The van der Waals surface area contributed by atoms with Crippen molar-refractivity contribution in [3.8, 4) is 17.5 Å². The monoisotopic (exact) mass is 296 g/mol. The molecule has 1 aromatic carbocycles. The molecule has 1 fully saturated rings. The summed E-state index contributed by atoms with van der Waals surface area (Å²) >= 11 is 0. The van der Waals surface area contributed by atoms with E-state index in [1.54, 1.807) is 12.1 Å². The lowest BCUT2D eigenvalue weighted by molar-refractivity contribution is 0.275. The molecule has 114 valence electrons. The summed E-state index contributed by atoms with van der Waals surface area (Å²) in [6, 6.07) is 9.73. The molecular weight excluding hydrogens is 276 g/mol. The average molecular weight is 296 g/mol. The zero-order chi connectivity index (χ0) is 15.6. The highest BCUT2D eigenvalue weighted by Crippen LogP contribution is 2.37. The standard InChI is InChI=1S/C17H20N4O/c1-17(2)9-3-4-14(17)19-11-15-20-21-16(22-15)13-7-5-12(10-18)6-8-13/h5-8,14,19H,3-4,9,11H2,1-2H3/t14-/m0/s1. The molecule has 2 aromatic rings. The van der Waals surface area contributed by atoms with Gasteiger partial charge in [-0.3, -0.25) is 0 Å². The lowest BCUT2D eigenvalue weighted by atomic mass is 9.87. The zero-order valence-electron chi connectivity index (χ0n) is 13.0. The fourth-order valence-electron chi connectivity index (χ4n) is 3.04. The molecule has 0 radical (unpaired) electrons. The predicted molar refractivity (Wildman–Crippen MR) is 82.7 cm³/mol. The van der Waals surface area contributed by atoms with Crippen molar-refractivity contribution < 1.29 is 4.42 Å². The Kier molecular flexibility index (Phi) is 3.95. The molecule has 1 aromatic heterocycles. The van der Waals surface area contributed by atoms with Crippen molar-refractivity contribution in [2.75, 3.05) is 0 Å². The van der Waals surface area contributed by atoms with Crippen LogP contribution in [0.1, 0.15) is 44.6 Å². The fourth-order valence-corrected chi connectivity index (χ4v) is 3.04. The minimum absolute atomic E-state index is 0.329. The van der Waals surface area contributed by atoms with E-state index in [1.807, 2.05) is 12.1 Å². The molecule has 1 aliphatic rings. The van der Waals surface area contributed by atoms with E-state index >= 15 is 0 Å². The number of rotatable bonds is 4. The van der Waals surface area contributed by atoms with Gasteiger partial charge in [-0.05, 0) is 42.5 Å². The Morgan fingerprint density at radius 2 is 2.09 bits per heavy atom. The van der Waals surface area contributed by atoms with Crippen LogP contribution in [-0.4, -0.2) is 16.2 Å². The van der Waals surface area contributed by atoms with Crippen LogP contribution in [-0.2, 0) is 6.54 Å². The van der Waals surface area contributed by atoms with Gasteiger partial charge >= 0.3 is 0 Å². The summed E-state index contributed by atoms with van der Waals surface area (Å²) in [4.78, 5) is 0. The van der Waals surface area contributed by atoms with Crippen LogP contribution >= 0.6 is 0 Å². The Bertz CT molecular complexity index is 681. The second kappa shape index (κ2) is 5.90. The van der Waals surface area contributed by atoms with Crippen molar-refractivity contribution in [3.05, 3.63) is 35.7 Å². The number of nitrogens with zero attached hydrogens (tertiary/aromatic N) is 3. The van der Waals surface area contributed by atoms with Crippen LogP contribution in [0.15, 0.2) is 28.7 Å². The van der Waals surface area contributed by atoms with Gasteiger partial charge in [-0.2, -0.15) is 5.26 Å². The molecule has 0 unspecified atom stereocenters.